The van der Waals surface area contributed by atoms with Crippen LogP contribution in [-0.2, 0) is 10.0 Å². The number of benzene rings is 1. The van der Waals surface area contributed by atoms with Crippen LogP contribution in [0.25, 0.3) is 0 Å². The molecule has 1 aliphatic carbocycles. The fourth-order valence-electron chi connectivity index (χ4n) is 2.66. The van der Waals surface area contributed by atoms with E-state index in [0.717, 1.165) is 0 Å². The van der Waals surface area contributed by atoms with Gasteiger partial charge in [0.15, 0.2) is 0 Å². The van der Waals surface area contributed by atoms with Gasteiger partial charge in [-0.1, -0.05) is 41.2 Å². The van der Waals surface area contributed by atoms with Crippen LogP contribution in [0.4, 0.5) is 13.2 Å². The molecular weight excluding hydrogens is 398 g/mol. The summed E-state index contributed by atoms with van der Waals surface area (Å²) >= 11 is 17.5. The third-order valence-electron chi connectivity index (χ3n) is 3.69. The third kappa shape index (κ3) is 4.66. The van der Waals surface area contributed by atoms with Gasteiger partial charge in [-0.15, -0.1) is 0 Å². The van der Waals surface area contributed by atoms with Crippen LogP contribution in [0.3, 0.4) is 0 Å². The molecule has 1 aromatic rings. The predicted molar refractivity (Wildman–Crippen MR) is 83.6 cm³/mol. The molecule has 1 aliphatic rings. The second kappa shape index (κ2) is 6.96. The fourth-order valence-corrected chi connectivity index (χ4v) is 5.49. The highest BCUT2D eigenvalue weighted by molar-refractivity contribution is 7.89. The van der Waals surface area contributed by atoms with Crippen LogP contribution in [0.1, 0.15) is 25.7 Å². The molecule has 0 spiro atoms. The van der Waals surface area contributed by atoms with E-state index in [2.05, 4.69) is 4.72 Å². The van der Waals surface area contributed by atoms with Crippen LogP contribution in [0, 0.1) is 5.92 Å². The van der Waals surface area contributed by atoms with E-state index < -0.39 is 28.2 Å². The lowest BCUT2D eigenvalue weighted by Crippen LogP contribution is -2.41. The van der Waals surface area contributed by atoms with E-state index in [1.165, 1.54) is 12.1 Å². The van der Waals surface area contributed by atoms with Crippen molar-refractivity contribution < 1.29 is 21.6 Å². The maximum atomic E-state index is 12.8. The molecule has 1 fully saturated rings. The zero-order valence-corrected chi connectivity index (χ0v) is 14.7. The molecule has 0 heterocycles. The number of hydrogen-bond acceptors (Lipinski definition) is 2. The number of halogens is 6. The van der Waals surface area contributed by atoms with Gasteiger partial charge in [0.05, 0.1) is 16.0 Å². The molecule has 0 aromatic heterocycles. The minimum absolute atomic E-state index is 0.00415. The van der Waals surface area contributed by atoms with Crippen molar-refractivity contribution >= 4 is 44.8 Å². The fraction of sp³-hybridized carbons (Fsp3) is 0.538. The SMILES string of the molecule is O=S(=O)(NC1CCCC(C(F)(F)F)C1)c1c(Cl)cc(Cl)cc1Cl. The van der Waals surface area contributed by atoms with Gasteiger partial charge in [0, 0.05) is 11.1 Å². The molecule has 10 heteroatoms. The second-order valence-electron chi connectivity index (χ2n) is 5.42. The van der Waals surface area contributed by atoms with Crippen molar-refractivity contribution in [3.8, 4) is 0 Å². The largest absolute Gasteiger partial charge is 0.391 e. The molecule has 0 amide bonds. The number of sulfonamides is 1. The predicted octanol–water partition coefficient (Wildman–Crippen LogP) is 5.05. The first kappa shape index (κ1) is 19.1. The van der Waals surface area contributed by atoms with Crippen molar-refractivity contribution in [3.63, 3.8) is 0 Å². The maximum absolute atomic E-state index is 12.8. The summed E-state index contributed by atoms with van der Waals surface area (Å²) in [6.45, 7) is 0. The standard InChI is InChI=1S/C13H13Cl3F3NO2S/c14-8-5-10(15)12(11(16)6-8)23(21,22)20-9-3-1-2-7(4-9)13(17,18)19/h5-7,9,20H,1-4H2. The molecule has 3 nitrogen and oxygen atoms in total. The molecule has 130 valence electrons. The smallest absolute Gasteiger partial charge is 0.208 e. The zero-order valence-electron chi connectivity index (χ0n) is 11.6. The summed E-state index contributed by atoms with van der Waals surface area (Å²) in [5, 5.41) is -0.204. The van der Waals surface area contributed by atoms with Gasteiger partial charge in [0.2, 0.25) is 10.0 Å². The van der Waals surface area contributed by atoms with Gasteiger partial charge in [0.1, 0.15) is 4.90 Å². The second-order valence-corrected chi connectivity index (χ2v) is 8.32. The molecule has 2 atom stereocenters. The monoisotopic (exact) mass is 409 g/mol. The molecule has 1 aromatic carbocycles. The first-order chi connectivity index (χ1) is 10.5. The van der Waals surface area contributed by atoms with E-state index in [0.29, 0.717) is 12.8 Å². The third-order valence-corrected chi connectivity index (χ3v) is 6.35. The van der Waals surface area contributed by atoms with Gasteiger partial charge in [-0.3, -0.25) is 0 Å². The highest BCUT2D eigenvalue weighted by Gasteiger charge is 2.43. The Hall–Kier alpha value is -0.210. The Morgan fingerprint density at radius 2 is 1.65 bits per heavy atom. The summed E-state index contributed by atoms with van der Waals surface area (Å²) in [4.78, 5) is -0.376. The Morgan fingerprint density at radius 3 is 2.17 bits per heavy atom. The molecule has 0 bridgehead atoms. The average molecular weight is 411 g/mol. The zero-order chi connectivity index (χ0) is 17.4. The topological polar surface area (TPSA) is 46.2 Å². The molecule has 0 radical (unpaired) electrons. The van der Waals surface area contributed by atoms with Crippen LogP contribution in [0.5, 0.6) is 0 Å². The minimum Gasteiger partial charge on any atom is -0.208 e. The van der Waals surface area contributed by atoms with Crippen molar-refractivity contribution in [2.24, 2.45) is 5.92 Å². The molecule has 2 unspecified atom stereocenters. The molecule has 23 heavy (non-hydrogen) atoms. The van der Waals surface area contributed by atoms with E-state index in [1.807, 2.05) is 0 Å². The molecule has 1 saturated carbocycles. The summed E-state index contributed by atoms with van der Waals surface area (Å²) in [7, 11) is -4.15. The Morgan fingerprint density at radius 1 is 1.09 bits per heavy atom. The van der Waals surface area contributed by atoms with Crippen LogP contribution in [-0.4, -0.2) is 20.6 Å². The van der Waals surface area contributed by atoms with E-state index in [9.17, 15) is 21.6 Å². The number of hydrogen-bond donors (Lipinski definition) is 1. The Bertz CT molecular complexity index is 671. The van der Waals surface area contributed by atoms with Gasteiger partial charge in [-0.05, 0) is 31.4 Å². The van der Waals surface area contributed by atoms with Crippen molar-refractivity contribution in [1.82, 2.24) is 4.72 Å². The number of alkyl halides is 3. The van der Waals surface area contributed by atoms with Gasteiger partial charge in [-0.25, -0.2) is 13.1 Å². The summed E-state index contributed by atoms with van der Waals surface area (Å²) in [5.74, 6) is -1.51. The van der Waals surface area contributed by atoms with Crippen molar-refractivity contribution in [1.29, 1.82) is 0 Å². The first-order valence-electron chi connectivity index (χ1n) is 6.74. The lowest BCUT2D eigenvalue weighted by Gasteiger charge is -2.31. The normalized spacial score (nSPS) is 23.0. The Balaban J connectivity index is 2.22. The van der Waals surface area contributed by atoms with Gasteiger partial charge in [-0.2, -0.15) is 13.2 Å². The highest BCUT2D eigenvalue weighted by Crippen LogP contribution is 2.38. The maximum Gasteiger partial charge on any atom is 0.391 e. The van der Waals surface area contributed by atoms with Crippen LogP contribution < -0.4 is 4.72 Å². The molecule has 0 saturated heterocycles. The van der Waals surface area contributed by atoms with Gasteiger partial charge in [0.25, 0.3) is 0 Å². The van der Waals surface area contributed by atoms with E-state index >= 15 is 0 Å². The number of nitrogens with one attached hydrogen (secondary N) is 1. The highest BCUT2D eigenvalue weighted by atomic mass is 35.5. The van der Waals surface area contributed by atoms with Crippen molar-refractivity contribution in [3.05, 3.63) is 27.2 Å². The molecule has 1 N–H and O–H groups in total. The lowest BCUT2D eigenvalue weighted by atomic mass is 9.86. The van der Waals surface area contributed by atoms with E-state index in [1.54, 1.807) is 0 Å². The lowest BCUT2D eigenvalue weighted by molar-refractivity contribution is -0.183. The minimum atomic E-state index is -4.33. The Kier molecular flexibility index (Phi) is 5.78. The summed E-state index contributed by atoms with van der Waals surface area (Å²) < 4.78 is 65.5. The number of rotatable bonds is 3. The van der Waals surface area contributed by atoms with Crippen molar-refractivity contribution in [2.75, 3.05) is 0 Å². The van der Waals surface area contributed by atoms with E-state index in [4.69, 9.17) is 34.8 Å². The first-order valence-corrected chi connectivity index (χ1v) is 9.36. The van der Waals surface area contributed by atoms with Crippen LogP contribution in [0.15, 0.2) is 17.0 Å². The quantitative estimate of drug-likeness (QED) is 0.758. The average Bonchev–Trinajstić information content (AvgIpc) is 2.35. The summed E-state index contributed by atoms with van der Waals surface area (Å²) in [6.07, 6.45) is -4.01. The van der Waals surface area contributed by atoms with Crippen LogP contribution in [0.2, 0.25) is 15.1 Å². The summed E-state index contributed by atoms with van der Waals surface area (Å²) in [6, 6.07) is 1.61. The summed E-state index contributed by atoms with van der Waals surface area (Å²) in [5.41, 5.74) is 0. The molecule has 0 aliphatic heterocycles. The van der Waals surface area contributed by atoms with Crippen LogP contribution >= 0.6 is 34.8 Å². The Labute approximate surface area is 147 Å². The van der Waals surface area contributed by atoms with Gasteiger partial charge < -0.3 is 0 Å². The molecule has 2 rings (SSSR count). The van der Waals surface area contributed by atoms with Crippen molar-refractivity contribution in [2.45, 2.75) is 42.8 Å². The molecular formula is C13H13Cl3F3NO2S. The van der Waals surface area contributed by atoms with Gasteiger partial charge >= 0.3 is 6.18 Å². The van der Waals surface area contributed by atoms with E-state index in [-0.39, 0.29) is 32.8 Å².